The zero-order valence-corrected chi connectivity index (χ0v) is 10.5. The SMILES string of the molecule is FC(F)C(F)(C(F)(F)C(F)(F)F)C(F)(F)C(F)(F)C(F)(F)C(F)(F)F. The zero-order valence-electron chi connectivity index (χ0n) is 10.5. The first-order valence-electron chi connectivity index (χ1n) is 5.06. The van der Waals surface area contributed by atoms with Crippen LogP contribution in [0.4, 0.5) is 74.6 Å². The van der Waals surface area contributed by atoms with Crippen LogP contribution in [-0.2, 0) is 0 Å². The molecule has 0 aromatic heterocycles. The summed E-state index contributed by atoms with van der Waals surface area (Å²) < 4.78 is 210. The van der Waals surface area contributed by atoms with Gasteiger partial charge in [-0.15, -0.1) is 0 Å². The monoisotopic (exact) mass is 420 g/mol. The molecule has 0 radical (unpaired) electrons. The van der Waals surface area contributed by atoms with Crippen molar-refractivity contribution in [1.82, 2.24) is 0 Å². The van der Waals surface area contributed by atoms with Gasteiger partial charge in [0.25, 0.3) is 6.43 Å². The van der Waals surface area contributed by atoms with Crippen LogP contribution in [0.3, 0.4) is 0 Å². The minimum Gasteiger partial charge on any atom is -0.223 e. The van der Waals surface area contributed by atoms with Gasteiger partial charge in [-0.05, 0) is 0 Å². The van der Waals surface area contributed by atoms with Crippen molar-refractivity contribution in [3.63, 3.8) is 0 Å². The Labute approximate surface area is 124 Å². The Morgan fingerprint density at radius 3 is 0.840 bits per heavy atom. The summed E-state index contributed by atoms with van der Waals surface area (Å²) in [6.45, 7) is 0. The minimum atomic E-state index is -8.54. The van der Waals surface area contributed by atoms with Gasteiger partial charge in [-0.2, -0.15) is 61.5 Å². The van der Waals surface area contributed by atoms with Gasteiger partial charge in [-0.1, -0.05) is 0 Å². The molecule has 1 unspecified atom stereocenters. The van der Waals surface area contributed by atoms with Gasteiger partial charge < -0.3 is 0 Å². The van der Waals surface area contributed by atoms with Crippen LogP contribution in [0.5, 0.6) is 0 Å². The summed E-state index contributed by atoms with van der Waals surface area (Å²) in [4.78, 5) is 0. The van der Waals surface area contributed by atoms with Gasteiger partial charge in [-0.3, -0.25) is 0 Å². The molecule has 0 aromatic rings. The van der Waals surface area contributed by atoms with Crippen LogP contribution in [0, 0.1) is 0 Å². The maximum atomic E-state index is 13.2. The molecule has 0 aliphatic rings. The second-order valence-corrected chi connectivity index (χ2v) is 4.31. The first kappa shape index (κ1) is 23.8. The van der Waals surface area contributed by atoms with E-state index in [1.807, 2.05) is 0 Å². The maximum Gasteiger partial charge on any atom is 0.460 e. The van der Waals surface area contributed by atoms with Gasteiger partial charge in [0.15, 0.2) is 0 Å². The quantitative estimate of drug-likeness (QED) is 0.507. The Morgan fingerprint density at radius 1 is 0.360 bits per heavy atom. The fourth-order valence-electron chi connectivity index (χ4n) is 1.28. The van der Waals surface area contributed by atoms with E-state index in [0.29, 0.717) is 0 Å². The van der Waals surface area contributed by atoms with Crippen molar-refractivity contribution in [3.05, 3.63) is 0 Å². The van der Waals surface area contributed by atoms with Crippen LogP contribution in [0.15, 0.2) is 0 Å². The van der Waals surface area contributed by atoms with Crippen LogP contribution in [0.25, 0.3) is 0 Å². The third-order valence-electron chi connectivity index (χ3n) is 2.72. The van der Waals surface area contributed by atoms with E-state index in [9.17, 15) is 74.6 Å². The Kier molecular flexibility index (Phi) is 5.38. The Balaban J connectivity index is 6.79. The lowest BCUT2D eigenvalue weighted by molar-refractivity contribution is -0.451. The van der Waals surface area contributed by atoms with Crippen molar-refractivity contribution in [2.24, 2.45) is 0 Å². The molecule has 0 saturated heterocycles. The second-order valence-electron chi connectivity index (χ2n) is 4.31. The highest BCUT2D eigenvalue weighted by molar-refractivity contribution is 5.17. The number of hydrogen-bond acceptors (Lipinski definition) is 0. The summed E-state index contributed by atoms with van der Waals surface area (Å²) in [6.07, 6.45) is -22.0. The van der Waals surface area contributed by atoms with E-state index in [-0.39, 0.29) is 0 Å². The molecule has 0 nitrogen and oxygen atoms in total. The van der Waals surface area contributed by atoms with E-state index < -0.39 is 48.1 Å². The normalized spacial score (nSPS) is 18.5. The fourth-order valence-corrected chi connectivity index (χ4v) is 1.28. The number of rotatable bonds is 5. The highest BCUT2D eigenvalue weighted by atomic mass is 19.4. The summed E-state index contributed by atoms with van der Waals surface area (Å²) in [6, 6.07) is 0. The van der Waals surface area contributed by atoms with Gasteiger partial charge in [0.05, 0.1) is 0 Å². The topological polar surface area (TPSA) is 0 Å². The molecule has 0 saturated carbocycles. The van der Waals surface area contributed by atoms with Crippen molar-refractivity contribution in [2.75, 3.05) is 0 Å². The lowest BCUT2D eigenvalue weighted by Gasteiger charge is -2.43. The molecule has 17 heteroatoms. The minimum absolute atomic E-state index is 6.46. The van der Waals surface area contributed by atoms with Crippen molar-refractivity contribution in [2.45, 2.75) is 48.1 Å². The van der Waals surface area contributed by atoms with Crippen LogP contribution in [0.2, 0.25) is 0 Å². The van der Waals surface area contributed by atoms with E-state index in [2.05, 4.69) is 0 Å². The first-order chi connectivity index (χ1) is 10.4. The number of hydrogen-bond donors (Lipinski definition) is 0. The third-order valence-corrected chi connectivity index (χ3v) is 2.72. The molecule has 0 N–H and O–H groups in total. The van der Waals surface area contributed by atoms with Crippen molar-refractivity contribution in [1.29, 1.82) is 0 Å². The number of halogens is 17. The molecule has 1 atom stereocenters. The fraction of sp³-hybridized carbons (Fsp3) is 1.00. The van der Waals surface area contributed by atoms with Gasteiger partial charge in [0.1, 0.15) is 0 Å². The van der Waals surface area contributed by atoms with E-state index in [1.54, 1.807) is 0 Å². The molecule has 0 aromatic carbocycles. The first-order valence-corrected chi connectivity index (χ1v) is 5.06. The van der Waals surface area contributed by atoms with E-state index in [4.69, 9.17) is 0 Å². The summed E-state index contributed by atoms with van der Waals surface area (Å²) in [7, 11) is 0. The second kappa shape index (κ2) is 5.65. The molecule has 152 valence electrons. The molecular formula is C8HF17. The van der Waals surface area contributed by atoms with Gasteiger partial charge in [0, 0.05) is 0 Å². The van der Waals surface area contributed by atoms with Crippen molar-refractivity contribution in [3.8, 4) is 0 Å². The molecule has 0 heterocycles. The Bertz CT molecular complexity index is 480. The third kappa shape index (κ3) is 2.86. The highest BCUT2D eigenvalue weighted by Gasteiger charge is 2.94. The molecular weight excluding hydrogens is 419 g/mol. The van der Waals surface area contributed by atoms with Crippen LogP contribution >= 0.6 is 0 Å². The van der Waals surface area contributed by atoms with Crippen LogP contribution in [0.1, 0.15) is 0 Å². The summed E-state index contributed by atoms with van der Waals surface area (Å²) >= 11 is 0. The summed E-state index contributed by atoms with van der Waals surface area (Å²) in [5.41, 5.74) is -8.17. The van der Waals surface area contributed by atoms with Gasteiger partial charge in [0.2, 0.25) is 0 Å². The molecule has 0 aliphatic heterocycles. The Hall–Kier alpha value is -1.19. The van der Waals surface area contributed by atoms with Gasteiger partial charge >= 0.3 is 41.7 Å². The molecule has 25 heavy (non-hydrogen) atoms. The lowest BCUT2D eigenvalue weighted by Crippen LogP contribution is -2.76. The van der Waals surface area contributed by atoms with E-state index in [1.165, 1.54) is 0 Å². The van der Waals surface area contributed by atoms with Gasteiger partial charge in [-0.25, -0.2) is 13.2 Å². The largest absolute Gasteiger partial charge is 0.460 e. The standard InChI is InChI=1S/C8HF17/c9-1(10)2(11,4(14,15)7(20,21)22)3(12,13)5(16,17)6(18,19)8(23,24)25/h1H. The molecule has 0 amide bonds. The smallest absolute Gasteiger partial charge is 0.223 e. The summed E-state index contributed by atoms with van der Waals surface area (Å²) in [5.74, 6) is -33.3. The van der Waals surface area contributed by atoms with E-state index >= 15 is 0 Å². The molecule has 0 bridgehead atoms. The van der Waals surface area contributed by atoms with Crippen LogP contribution in [-0.4, -0.2) is 48.1 Å². The molecule has 0 rings (SSSR count). The summed E-state index contributed by atoms with van der Waals surface area (Å²) in [5, 5.41) is 0. The number of alkyl halides is 17. The predicted molar refractivity (Wildman–Crippen MR) is 41.7 cm³/mol. The Morgan fingerprint density at radius 2 is 0.640 bits per heavy atom. The molecule has 0 fully saturated rings. The van der Waals surface area contributed by atoms with Crippen LogP contribution < -0.4 is 0 Å². The lowest BCUT2D eigenvalue weighted by atomic mass is 9.83. The average molecular weight is 420 g/mol. The molecule has 0 aliphatic carbocycles. The maximum absolute atomic E-state index is 13.2. The molecule has 0 spiro atoms. The van der Waals surface area contributed by atoms with E-state index in [0.717, 1.165) is 0 Å². The average Bonchev–Trinajstić information content (AvgIpc) is 2.33. The van der Waals surface area contributed by atoms with Crippen molar-refractivity contribution >= 4 is 0 Å². The van der Waals surface area contributed by atoms with Crippen molar-refractivity contribution < 1.29 is 74.6 Å². The highest BCUT2D eigenvalue weighted by Crippen LogP contribution is 2.63. The predicted octanol–water partition coefficient (Wildman–Crippen LogP) is 5.63. The zero-order chi connectivity index (χ0) is 21.1.